The molecular formula is C32H42Cl2N2O4. The number of alkyl halides is 2. The van der Waals surface area contributed by atoms with Crippen LogP contribution < -0.4 is 0 Å². The number of ether oxygens (including phenoxy) is 2. The number of hydrogen-bond donors (Lipinski definition) is 0. The van der Waals surface area contributed by atoms with E-state index in [9.17, 15) is 9.59 Å². The van der Waals surface area contributed by atoms with Crippen LogP contribution in [0.15, 0.2) is 72.8 Å². The van der Waals surface area contributed by atoms with E-state index in [-0.39, 0.29) is 0 Å². The zero-order valence-corrected chi connectivity index (χ0v) is 25.5. The first-order valence-electron chi connectivity index (χ1n) is 13.6. The average Bonchev–Trinajstić information content (AvgIpc) is 2.96. The molecule has 0 aliphatic rings. The van der Waals surface area contributed by atoms with Gasteiger partial charge >= 0.3 is 11.9 Å². The summed E-state index contributed by atoms with van der Waals surface area (Å²) in [6, 6.07) is 20.1. The van der Waals surface area contributed by atoms with Crippen molar-refractivity contribution in [2.75, 3.05) is 40.0 Å². The van der Waals surface area contributed by atoms with Gasteiger partial charge in [-0.2, -0.15) is 0 Å². The lowest BCUT2D eigenvalue weighted by Gasteiger charge is -2.27. The Morgan fingerprint density at radius 3 is 1.32 bits per heavy atom. The van der Waals surface area contributed by atoms with Gasteiger partial charge in [0, 0.05) is 24.6 Å². The number of allylic oxidation sites excluding steroid dienone is 4. The smallest absolute Gasteiger partial charge is 0.419 e. The van der Waals surface area contributed by atoms with Crippen LogP contribution in [0.4, 0.5) is 0 Å². The standard InChI is InChI=1S/C32H42Cl2N2O4/c1-35(2)29(21-19-27(17-11-23-33)25-13-7-5-8-14-25)39-31(37)32(38)40-30(36(3)4)22-20-28(18-12-24-34)26-15-9-6-10-16-26/h5-10,13-18,29-30H,11-12,19-24H2,1-4H3. The second-order valence-electron chi connectivity index (χ2n) is 9.87. The summed E-state index contributed by atoms with van der Waals surface area (Å²) in [6.45, 7) is 0. The SMILES string of the molecule is CN(C)C(CCC(=CCCCl)c1ccccc1)OC(=O)C(=O)OC(CCC(=CCCCl)c1ccccc1)N(C)C. The number of hydrogen-bond acceptors (Lipinski definition) is 6. The van der Waals surface area contributed by atoms with Crippen molar-refractivity contribution in [2.24, 2.45) is 0 Å². The third kappa shape index (κ3) is 11.8. The summed E-state index contributed by atoms with van der Waals surface area (Å²) in [5, 5.41) is 0. The largest absolute Gasteiger partial charge is 0.438 e. The number of benzene rings is 2. The molecule has 0 aromatic heterocycles. The summed E-state index contributed by atoms with van der Waals surface area (Å²) in [4.78, 5) is 29.2. The Morgan fingerprint density at radius 2 is 1.02 bits per heavy atom. The Balaban J connectivity index is 2.02. The van der Waals surface area contributed by atoms with E-state index in [1.54, 1.807) is 9.80 Å². The van der Waals surface area contributed by atoms with Gasteiger partial charge in [0.25, 0.3) is 0 Å². The van der Waals surface area contributed by atoms with E-state index in [1.165, 1.54) is 0 Å². The molecule has 2 atom stereocenters. The zero-order chi connectivity index (χ0) is 29.3. The highest BCUT2D eigenvalue weighted by molar-refractivity contribution is 6.29. The van der Waals surface area contributed by atoms with E-state index >= 15 is 0 Å². The quantitative estimate of drug-likeness (QED) is 0.0926. The van der Waals surface area contributed by atoms with E-state index in [1.807, 2.05) is 88.9 Å². The van der Waals surface area contributed by atoms with Gasteiger partial charge in [0.2, 0.25) is 0 Å². The Bertz CT molecular complexity index is 1000. The first-order valence-corrected chi connectivity index (χ1v) is 14.7. The lowest BCUT2D eigenvalue weighted by atomic mass is 9.99. The van der Waals surface area contributed by atoms with Crippen LogP contribution in [0.5, 0.6) is 0 Å². The van der Waals surface area contributed by atoms with Crippen molar-refractivity contribution >= 4 is 46.3 Å². The lowest BCUT2D eigenvalue weighted by Crippen LogP contribution is -2.39. The minimum absolute atomic E-state index is 0.512. The maximum Gasteiger partial charge on any atom is 0.419 e. The molecule has 218 valence electrons. The number of halogens is 2. The predicted octanol–water partition coefficient (Wildman–Crippen LogP) is 6.83. The molecule has 0 amide bonds. The normalized spacial score (nSPS) is 13.8. The van der Waals surface area contributed by atoms with E-state index in [0.29, 0.717) is 37.4 Å². The minimum Gasteiger partial charge on any atom is -0.438 e. The fraction of sp³-hybridized carbons (Fsp3) is 0.438. The van der Waals surface area contributed by atoms with Crippen LogP contribution in [-0.4, -0.2) is 74.1 Å². The number of rotatable bonds is 16. The molecule has 0 aliphatic carbocycles. The Labute approximate surface area is 249 Å². The molecule has 0 saturated carbocycles. The van der Waals surface area contributed by atoms with Crippen LogP contribution in [-0.2, 0) is 19.1 Å². The maximum absolute atomic E-state index is 12.8. The van der Waals surface area contributed by atoms with Gasteiger partial charge in [-0.1, -0.05) is 72.8 Å². The summed E-state index contributed by atoms with van der Waals surface area (Å²) in [7, 11) is 7.26. The highest BCUT2D eigenvalue weighted by Crippen LogP contribution is 2.24. The molecule has 0 heterocycles. The zero-order valence-electron chi connectivity index (χ0n) is 24.0. The Kier molecular flexibility index (Phi) is 15.7. The van der Waals surface area contributed by atoms with Gasteiger partial charge in [-0.15, -0.1) is 23.2 Å². The van der Waals surface area contributed by atoms with Crippen LogP contribution in [0.2, 0.25) is 0 Å². The molecular weight excluding hydrogens is 547 g/mol. The highest BCUT2D eigenvalue weighted by atomic mass is 35.5. The second-order valence-corrected chi connectivity index (χ2v) is 10.6. The van der Waals surface area contributed by atoms with Crippen molar-refractivity contribution < 1.29 is 19.1 Å². The first-order chi connectivity index (χ1) is 19.3. The van der Waals surface area contributed by atoms with Gasteiger partial charge in [-0.05, 0) is 76.1 Å². The molecule has 6 nitrogen and oxygen atoms in total. The van der Waals surface area contributed by atoms with Gasteiger partial charge in [0.1, 0.15) is 0 Å². The fourth-order valence-electron chi connectivity index (χ4n) is 4.24. The third-order valence-electron chi connectivity index (χ3n) is 6.41. The van der Waals surface area contributed by atoms with Crippen molar-refractivity contribution in [3.05, 3.63) is 83.9 Å². The average molecular weight is 590 g/mol. The molecule has 0 aliphatic heterocycles. The van der Waals surface area contributed by atoms with Crippen molar-refractivity contribution in [1.29, 1.82) is 0 Å². The fourth-order valence-corrected chi connectivity index (χ4v) is 4.46. The van der Waals surface area contributed by atoms with E-state index in [4.69, 9.17) is 32.7 Å². The number of carbonyl (C=O) groups is 2. The van der Waals surface area contributed by atoms with Gasteiger partial charge in [-0.3, -0.25) is 9.80 Å². The molecule has 40 heavy (non-hydrogen) atoms. The van der Waals surface area contributed by atoms with Crippen LogP contribution in [0.25, 0.3) is 11.1 Å². The van der Waals surface area contributed by atoms with E-state index in [0.717, 1.165) is 35.1 Å². The van der Waals surface area contributed by atoms with Crippen molar-refractivity contribution in [2.45, 2.75) is 51.0 Å². The van der Waals surface area contributed by atoms with Gasteiger partial charge < -0.3 is 9.47 Å². The summed E-state index contributed by atoms with van der Waals surface area (Å²) >= 11 is 11.8. The Hall–Kier alpha value is -2.64. The summed E-state index contributed by atoms with van der Waals surface area (Å²) in [5.74, 6) is -0.956. The van der Waals surface area contributed by atoms with E-state index < -0.39 is 24.4 Å². The molecule has 2 aromatic rings. The topological polar surface area (TPSA) is 59.1 Å². The number of nitrogens with zero attached hydrogens (tertiary/aromatic N) is 2. The summed E-state index contributed by atoms with van der Waals surface area (Å²) in [5.41, 5.74) is 4.44. The molecule has 0 spiro atoms. The lowest BCUT2D eigenvalue weighted by molar-refractivity contribution is -0.183. The van der Waals surface area contributed by atoms with Gasteiger partial charge in [-0.25, -0.2) is 9.59 Å². The monoisotopic (exact) mass is 588 g/mol. The minimum atomic E-state index is -1.00. The third-order valence-corrected chi connectivity index (χ3v) is 6.85. The first kappa shape index (κ1) is 33.6. The maximum atomic E-state index is 12.8. The second kappa shape index (κ2) is 18.7. The summed E-state index contributed by atoms with van der Waals surface area (Å²) in [6.07, 6.45) is 6.85. The van der Waals surface area contributed by atoms with Crippen LogP contribution >= 0.6 is 23.2 Å². The molecule has 8 heteroatoms. The van der Waals surface area contributed by atoms with Crippen molar-refractivity contribution in [1.82, 2.24) is 9.80 Å². The van der Waals surface area contributed by atoms with Gasteiger partial charge in [0.15, 0.2) is 12.5 Å². The van der Waals surface area contributed by atoms with Crippen LogP contribution in [0.3, 0.4) is 0 Å². The highest BCUT2D eigenvalue weighted by Gasteiger charge is 2.28. The van der Waals surface area contributed by atoms with Gasteiger partial charge in [0.05, 0.1) is 0 Å². The van der Waals surface area contributed by atoms with Crippen LogP contribution in [0, 0.1) is 0 Å². The van der Waals surface area contributed by atoms with Crippen molar-refractivity contribution in [3.8, 4) is 0 Å². The van der Waals surface area contributed by atoms with Crippen molar-refractivity contribution in [3.63, 3.8) is 0 Å². The molecule has 2 rings (SSSR count). The van der Waals surface area contributed by atoms with Crippen LogP contribution in [0.1, 0.15) is 49.7 Å². The number of esters is 2. The molecule has 0 fully saturated rings. The van der Waals surface area contributed by atoms with E-state index in [2.05, 4.69) is 12.2 Å². The molecule has 0 saturated heterocycles. The Morgan fingerprint density at radius 1 is 0.675 bits per heavy atom. The molecule has 0 radical (unpaired) electrons. The molecule has 0 bridgehead atoms. The predicted molar refractivity (Wildman–Crippen MR) is 165 cm³/mol. The molecule has 2 unspecified atom stereocenters. The molecule has 2 aromatic carbocycles. The summed E-state index contributed by atoms with van der Waals surface area (Å²) < 4.78 is 11.2. The molecule has 0 N–H and O–H groups in total. The number of carbonyl (C=O) groups excluding carboxylic acids is 2.